The summed E-state index contributed by atoms with van der Waals surface area (Å²) >= 11 is 1.74. The molecule has 1 aromatic heterocycles. The number of amides is 2. The number of thioether (sulfide) groups is 1. The van der Waals surface area contributed by atoms with Gasteiger partial charge in [0.05, 0.1) is 25.0 Å². The van der Waals surface area contributed by atoms with Crippen molar-refractivity contribution in [3.8, 4) is 11.5 Å². The molecule has 0 spiro atoms. The second-order valence-corrected chi connectivity index (χ2v) is 9.58. The average molecular weight is 517 g/mol. The number of nitrogens with zero attached hydrogens (tertiary/aromatic N) is 2. The SMILES string of the molecule is CCOc1ccc2ccccc2c1C(=O)Nc1c2c(nn1CC(=O)NCc1ccc(OC)cc1)CSC2. The Morgan fingerprint density at radius 2 is 1.86 bits per heavy atom. The Balaban J connectivity index is 1.38. The molecule has 0 aliphatic carbocycles. The summed E-state index contributed by atoms with van der Waals surface area (Å²) in [6, 6.07) is 19.0. The second kappa shape index (κ2) is 11.0. The van der Waals surface area contributed by atoms with Gasteiger partial charge < -0.3 is 20.1 Å². The molecule has 1 aliphatic heterocycles. The highest BCUT2D eigenvalue weighted by Gasteiger charge is 2.26. The molecule has 8 nitrogen and oxygen atoms in total. The largest absolute Gasteiger partial charge is 0.497 e. The molecule has 37 heavy (non-hydrogen) atoms. The van der Waals surface area contributed by atoms with E-state index in [0.29, 0.717) is 30.3 Å². The predicted octanol–water partition coefficient (Wildman–Crippen LogP) is 4.76. The van der Waals surface area contributed by atoms with E-state index in [-0.39, 0.29) is 18.4 Å². The van der Waals surface area contributed by atoms with Gasteiger partial charge in [0, 0.05) is 23.6 Å². The number of aromatic nitrogens is 2. The minimum absolute atomic E-state index is 0.00269. The average Bonchev–Trinajstić information content (AvgIpc) is 3.50. The number of ether oxygens (including phenoxy) is 2. The zero-order chi connectivity index (χ0) is 25.8. The topological polar surface area (TPSA) is 94.5 Å². The van der Waals surface area contributed by atoms with Gasteiger partial charge in [0.2, 0.25) is 5.91 Å². The number of nitrogens with one attached hydrogen (secondary N) is 2. The lowest BCUT2D eigenvalue weighted by Crippen LogP contribution is -2.29. The van der Waals surface area contributed by atoms with E-state index in [1.807, 2.05) is 67.6 Å². The van der Waals surface area contributed by atoms with E-state index in [1.54, 1.807) is 23.6 Å². The number of anilines is 1. The van der Waals surface area contributed by atoms with Crippen LogP contribution >= 0.6 is 11.8 Å². The summed E-state index contributed by atoms with van der Waals surface area (Å²) in [7, 11) is 1.62. The van der Waals surface area contributed by atoms with Crippen molar-refractivity contribution in [2.45, 2.75) is 31.5 Å². The van der Waals surface area contributed by atoms with Crippen molar-refractivity contribution >= 4 is 40.2 Å². The summed E-state index contributed by atoms with van der Waals surface area (Å²) in [6.07, 6.45) is 0. The van der Waals surface area contributed by atoms with Crippen LogP contribution in [0.2, 0.25) is 0 Å². The van der Waals surface area contributed by atoms with Gasteiger partial charge in [0.15, 0.2) is 0 Å². The summed E-state index contributed by atoms with van der Waals surface area (Å²) in [5.41, 5.74) is 3.28. The van der Waals surface area contributed by atoms with Crippen molar-refractivity contribution in [2.24, 2.45) is 0 Å². The first-order valence-corrected chi connectivity index (χ1v) is 13.2. The lowest BCUT2D eigenvalue weighted by molar-refractivity contribution is -0.122. The van der Waals surface area contributed by atoms with Crippen LogP contribution in [0.25, 0.3) is 10.8 Å². The first kappa shape index (κ1) is 24.7. The Morgan fingerprint density at radius 3 is 2.65 bits per heavy atom. The first-order valence-electron chi connectivity index (χ1n) is 12.1. The molecule has 0 bridgehead atoms. The molecule has 0 radical (unpaired) electrons. The normalized spacial score (nSPS) is 12.3. The number of fused-ring (bicyclic) bond motifs is 2. The maximum absolute atomic E-state index is 13.7. The molecule has 9 heteroatoms. The van der Waals surface area contributed by atoms with E-state index in [1.165, 1.54) is 0 Å². The van der Waals surface area contributed by atoms with Crippen molar-refractivity contribution in [2.75, 3.05) is 19.0 Å². The molecule has 4 aromatic rings. The third-order valence-electron chi connectivity index (χ3n) is 6.21. The van der Waals surface area contributed by atoms with Crippen LogP contribution in [0.15, 0.2) is 60.7 Å². The minimum Gasteiger partial charge on any atom is -0.497 e. The molecular formula is C28H28N4O4S. The maximum Gasteiger partial charge on any atom is 0.261 e. The van der Waals surface area contributed by atoms with Gasteiger partial charge in [0.1, 0.15) is 23.9 Å². The quantitative estimate of drug-likeness (QED) is 0.333. The van der Waals surface area contributed by atoms with Crippen molar-refractivity contribution < 1.29 is 19.1 Å². The molecule has 2 heterocycles. The van der Waals surface area contributed by atoms with Gasteiger partial charge in [-0.3, -0.25) is 9.59 Å². The van der Waals surface area contributed by atoms with Crippen LogP contribution in [0.5, 0.6) is 11.5 Å². The fourth-order valence-corrected chi connectivity index (χ4v) is 5.42. The minimum atomic E-state index is -0.292. The molecule has 2 N–H and O–H groups in total. The van der Waals surface area contributed by atoms with Gasteiger partial charge in [-0.1, -0.05) is 42.5 Å². The molecule has 0 saturated heterocycles. The van der Waals surface area contributed by atoms with Crippen molar-refractivity contribution in [1.82, 2.24) is 15.1 Å². The molecule has 1 aliphatic rings. The predicted molar refractivity (Wildman–Crippen MR) is 145 cm³/mol. The zero-order valence-electron chi connectivity index (χ0n) is 20.7. The van der Waals surface area contributed by atoms with E-state index >= 15 is 0 Å². The third-order valence-corrected chi connectivity index (χ3v) is 7.18. The van der Waals surface area contributed by atoms with E-state index < -0.39 is 0 Å². The second-order valence-electron chi connectivity index (χ2n) is 8.60. The van der Waals surface area contributed by atoms with Crippen LogP contribution in [-0.2, 0) is 29.4 Å². The highest BCUT2D eigenvalue weighted by Crippen LogP contribution is 2.36. The van der Waals surface area contributed by atoms with Crippen LogP contribution in [0, 0.1) is 0 Å². The molecule has 2 amide bonds. The Bertz CT molecular complexity index is 1450. The van der Waals surface area contributed by atoms with Crippen LogP contribution in [0.1, 0.15) is 34.1 Å². The van der Waals surface area contributed by atoms with Crippen molar-refractivity contribution in [3.63, 3.8) is 0 Å². The molecule has 3 aromatic carbocycles. The van der Waals surface area contributed by atoms with E-state index in [0.717, 1.165) is 44.8 Å². The number of hydrogen-bond donors (Lipinski definition) is 2. The number of benzene rings is 3. The number of rotatable bonds is 9. The smallest absolute Gasteiger partial charge is 0.261 e. The number of methoxy groups -OCH3 is 1. The standard InChI is InChI=1S/C28H28N4O4S/c1-3-36-24-13-10-19-6-4-5-7-21(19)26(24)28(34)30-27-22-16-37-17-23(22)31-32(27)15-25(33)29-14-18-8-11-20(35-2)12-9-18/h4-13H,3,14-17H2,1-2H3,(H,29,33)(H,30,34). The van der Waals surface area contributed by atoms with Crippen molar-refractivity contribution in [1.29, 1.82) is 0 Å². The van der Waals surface area contributed by atoms with E-state index in [4.69, 9.17) is 9.47 Å². The lowest BCUT2D eigenvalue weighted by Gasteiger charge is -2.15. The molecule has 5 rings (SSSR count). The van der Waals surface area contributed by atoms with Gasteiger partial charge in [-0.2, -0.15) is 16.9 Å². The van der Waals surface area contributed by atoms with E-state index in [9.17, 15) is 9.59 Å². The zero-order valence-corrected chi connectivity index (χ0v) is 21.6. The van der Waals surface area contributed by atoms with Crippen LogP contribution in [0.4, 0.5) is 5.82 Å². The van der Waals surface area contributed by atoms with Gasteiger partial charge in [-0.15, -0.1) is 0 Å². The number of carbonyl (C=O) groups excluding carboxylic acids is 2. The summed E-state index contributed by atoms with van der Waals surface area (Å²) < 4.78 is 12.6. The summed E-state index contributed by atoms with van der Waals surface area (Å²) in [5, 5.41) is 12.4. The van der Waals surface area contributed by atoms with Gasteiger partial charge >= 0.3 is 0 Å². The highest BCUT2D eigenvalue weighted by molar-refractivity contribution is 7.98. The third kappa shape index (κ3) is 5.27. The molecule has 0 saturated carbocycles. The molecule has 0 unspecified atom stereocenters. The molecule has 0 fully saturated rings. The number of carbonyl (C=O) groups is 2. The Labute approximate surface area is 219 Å². The summed E-state index contributed by atoms with van der Waals surface area (Å²) in [4.78, 5) is 26.5. The highest BCUT2D eigenvalue weighted by atomic mass is 32.2. The van der Waals surface area contributed by atoms with E-state index in [2.05, 4.69) is 15.7 Å². The summed E-state index contributed by atoms with van der Waals surface area (Å²) in [5.74, 6) is 2.83. The van der Waals surface area contributed by atoms with Crippen LogP contribution in [0.3, 0.4) is 0 Å². The summed E-state index contributed by atoms with van der Waals surface area (Å²) in [6.45, 7) is 2.71. The Morgan fingerprint density at radius 1 is 1.05 bits per heavy atom. The molecular weight excluding hydrogens is 488 g/mol. The first-order chi connectivity index (χ1) is 18.1. The Hall–Kier alpha value is -3.98. The monoisotopic (exact) mass is 516 g/mol. The fraction of sp³-hybridized carbons (Fsp3) is 0.250. The van der Waals surface area contributed by atoms with Gasteiger partial charge in [-0.25, -0.2) is 4.68 Å². The Kier molecular flexibility index (Phi) is 7.32. The van der Waals surface area contributed by atoms with Gasteiger partial charge in [0.25, 0.3) is 5.91 Å². The van der Waals surface area contributed by atoms with Crippen LogP contribution in [-0.4, -0.2) is 35.3 Å². The van der Waals surface area contributed by atoms with Crippen LogP contribution < -0.4 is 20.1 Å². The number of hydrogen-bond acceptors (Lipinski definition) is 6. The molecule has 0 atom stereocenters. The molecule has 190 valence electrons. The van der Waals surface area contributed by atoms with Crippen molar-refractivity contribution in [3.05, 3.63) is 83.0 Å². The fourth-order valence-electron chi connectivity index (χ4n) is 4.39. The lowest BCUT2D eigenvalue weighted by atomic mass is 10.0. The maximum atomic E-state index is 13.7. The van der Waals surface area contributed by atoms with Gasteiger partial charge in [-0.05, 0) is 41.5 Å².